The van der Waals surface area contributed by atoms with Crippen LogP contribution in [0.4, 0.5) is 13.2 Å². The van der Waals surface area contributed by atoms with Crippen LogP contribution in [0.1, 0.15) is 48.6 Å². The summed E-state index contributed by atoms with van der Waals surface area (Å²) >= 11 is 0. The molecule has 9 heteroatoms. The molecule has 0 saturated heterocycles. The molecule has 0 spiro atoms. The molecule has 210 valence electrons. The topological polar surface area (TPSA) is 69.3 Å². The van der Waals surface area contributed by atoms with Gasteiger partial charge in [-0.3, -0.25) is 9.36 Å². The molecule has 1 fully saturated rings. The summed E-state index contributed by atoms with van der Waals surface area (Å²) in [6.45, 7) is 4.90. The molecule has 2 heterocycles. The first-order chi connectivity index (χ1) is 19.2. The maximum Gasteiger partial charge on any atom is 0.255 e. The van der Waals surface area contributed by atoms with Crippen LogP contribution in [0.25, 0.3) is 28.3 Å². The number of ether oxygens (including phenoxy) is 1. The normalized spacial score (nSPS) is 17.4. The minimum absolute atomic E-state index is 0.0315. The van der Waals surface area contributed by atoms with Gasteiger partial charge in [0.15, 0.2) is 11.7 Å². The molecule has 0 amide bonds. The van der Waals surface area contributed by atoms with E-state index in [1.807, 2.05) is 0 Å². The molecule has 6 nitrogen and oxygen atoms in total. The van der Waals surface area contributed by atoms with Gasteiger partial charge in [0.05, 0.1) is 17.9 Å². The summed E-state index contributed by atoms with van der Waals surface area (Å²) in [6, 6.07) is 9.44. The van der Waals surface area contributed by atoms with E-state index >= 15 is 0 Å². The van der Waals surface area contributed by atoms with Crippen molar-refractivity contribution in [3.63, 3.8) is 0 Å². The van der Waals surface area contributed by atoms with Crippen molar-refractivity contribution in [1.82, 2.24) is 14.9 Å². The Hall–Kier alpha value is -3.69. The van der Waals surface area contributed by atoms with Crippen LogP contribution in [-0.2, 0) is 4.74 Å². The molecule has 2 aromatic heterocycles. The van der Waals surface area contributed by atoms with Gasteiger partial charge in [-0.25, -0.2) is 18.2 Å². The van der Waals surface area contributed by atoms with Crippen molar-refractivity contribution in [2.24, 2.45) is 0 Å². The van der Waals surface area contributed by atoms with Crippen LogP contribution in [0.2, 0.25) is 0 Å². The average Bonchev–Trinajstić information content (AvgIpc) is 3.35. The van der Waals surface area contributed by atoms with Crippen molar-refractivity contribution in [3.05, 3.63) is 93.5 Å². The highest BCUT2D eigenvalue weighted by molar-refractivity contribution is 5.77. The molecule has 1 aliphatic rings. The Morgan fingerprint density at radius 2 is 1.73 bits per heavy atom. The Bertz CT molecular complexity index is 1550. The third-order valence-corrected chi connectivity index (χ3v) is 7.52. The number of aromatic nitrogens is 2. The van der Waals surface area contributed by atoms with Gasteiger partial charge in [-0.15, -0.1) is 0 Å². The Balaban J connectivity index is 1.56. The lowest BCUT2D eigenvalue weighted by molar-refractivity contribution is 0.190. The molecule has 40 heavy (non-hydrogen) atoms. The van der Waals surface area contributed by atoms with Crippen molar-refractivity contribution >= 4 is 0 Å². The molecule has 1 N–H and O–H groups in total. The van der Waals surface area contributed by atoms with Crippen LogP contribution in [0.15, 0.2) is 57.9 Å². The zero-order valence-corrected chi connectivity index (χ0v) is 22.8. The number of hydrogen-bond donors (Lipinski definition) is 1. The molecular formula is C31H32F3N3O3. The number of benzene rings is 2. The molecule has 4 aromatic rings. The summed E-state index contributed by atoms with van der Waals surface area (Å²) in [5, 5.41) is 3.50. The summed E-state index contributed by atoms with van der Waals surface area (Å²) in [7, 11) is 1.67. The van der Waals surface area contributed by atoms with Crippen molar-refractivity contribution in [2.75, 3.05) is 20.3 Å². The predicted octanol–water partition coefficient (Wildman–Crippen LogP) is 6.46. The van der Waals surface area contributed by atoms with E-state index in [9.17, 15) is 18.0 Å². The van der Waals surface area contributed by atoms with Gasteiger partial charge in [0, 0.05) is 49.5 Å². The number of oxazole rings is 1. The van der Waals surface area contributed by atoms with Gasteiger partial charge in [0.2, 0.25) is 0 Å². The van der Waals surface area contributed by atoms with Gasteiger partial charge in [0.25, 0.3) is 5.56 Å². The fraction of sp³-hybridized carbons (Fsp3) is 0.355. The number of nitrogens with one attached hydrogen (secondary N) is 1. The molecule has 0 aliphatic heterocycles. The summed E-state index contributed by atoms with van der Waals surface area (Å²) in [6.07, 6.45) is 5.15. The van der Waals surface area contributed by atoms with Crippen molar-refractivity contribution in [3.8, 4) is 28.3 Å². The van der Waals surface area contributed by atoms with Crippen LogP contribution >= 0.6 is 0 Å². The van der Waals surface area contributed by atoms with Crippen LogP contribution in [0.5, 0.6) is 0 Å². The zero-order chi connectivity index (χ0) is 28.4. The highest BCUT2D eigenvalue weighted by atomic mass is 19.1. The number of rotatable bonds is 8. The predicted molar refractivity (Wildman–Crippen MR) is 147 cm³/mol. The van der Waals surface area contributed by atoms with E-state index in [4.69, 9.17) is 14.1 Å². The van der Waals surface area contributed by atoms with Gasteiger partial charge in [-0.1, -0.05) is 0 Å². The largest absolute Gasteiger partial charge is 0.440 e. The first-order valence-corrected chi connectivity index (χ1v) is 13.4. The second-order valence-electron chi connectivity index (χ2n) is 10.4. The van der Waals surface area contributed by atoms with E-state index in [1.54, 1.807) is 33.2 Å². The van der Waals surface area contributed by atoms with E-state index in [-0.39, 0.29) is 28.6 Å². The van der Waals surface area contributed by atoms with Gasteiger partial charge in [-0.05, 0) is 81.0 Å². The number of halogens is 3. The van der Waals surface area contributed by atoms with Crippen LogP contribution < -0.4 is 10.9 Å². The molecular weight excluding hydrogens is 519 g/mol. The highest BCUT2D eigenvalue weighted by Gasteiger charge is 2.29. The highest BCUT2D eigenvalue weighted by Crippen LogP contribution is 2.40. The van der Waals surface area contributed by atoms with Crippen molar-refractivity contribution in [1.29, 1.82) is 0 Å². The molecule has 0 bridgehead atoms. The van der Waals surface area contributed by atoms with Crippen LogP contribution in [-0.4, -0.2) is 35.9 Å². The molecule has 1 saturated carbocycles. The fourth-order valence-corrected chi connectivity index (χ4v) is 5.56. The molecule has 0 radical (unpaired) electrons. The number of nitrogens with zero attached hydrogens (tertiary/aromatic N) is 2. The van der Waals surface area contributed by atoms with Gasteiger partial charge < -0.3 is 14.5 Å². The molecule has 2 aromatic carbocycles. The zero-order valence-electron chi connectivity index (χ0n) is 22.8. The minimum Gasteiger partial charge on any atom is -0.440 e. The Labute approximate surface area is 230 Å². The summed E-state index contributed by atoms with van der Waals surface area (Å²) in [5.74, 6) is -1.17. The summed E-state index contributed by atoms with van der Waals surface area (Å²) in [4.78, 5) is 17.8. The van der Waals surface area contributed by atoms with E-state index < -0.39 is 11.6 Å². The molecule has 5 rings (SSSR count). The smallest absolute Gasteiger partial charge is 0.255 e. The summed E-state index contributed by atoms with van der Waals surface area (Å²) in [5.41, 5.74) is 2.40. The van der Waals surface area contributed by atoms with Crippen molar-refractivity contribution in [2.45, 2.75) is 51.5 Å². The molecule has 0 atom stereocenters. The first kappa shape index (κ1) is 27.9. The Morgan fingerprint density at radius 3 is 2.40 bits per heavy atom. The van der Waals surface area contributed by atoms with Gasteiger partial charge in [-0.2, -0.15) is 0 Å². The SMILES string of the molecule is COCCNC1CCC(c2nc(-c3ccc(=O)n(-c4c(C)cc(F)cc4C)c3)c(-c3ccc(F)cc3F)o2)CC1. The number of methoxy groups -OCH3 is 1. The third-order valence-electron chi connectivity index (χ3n) is 7.52. The fourth-order valence-electron chi connectivity index (χ4n) is 5.56. The van der Waals surface area contributed by atoms with Gasteiger partial charge >= 0.3 is 0 Å². The van der Waals surface area contributed by atoms with E-state index in [2.05, 4.69) is 5.32 Å². The molecule has 0 unspecified atom stereocenters. The number of hydrogen-bond acceptors (Lipinski definition) is 5. The standard InChI is InChI=1S/C31H32F3N3O3/c1-18-14-23(33)15-19(2)29(18)37-17-21(6-11-27(37)38)28-30(25-10-7-22(32)16-26(25)34)40-31(36-28)20-4-8-24(9-5-20)35-12-13-39-3/h6-7,10-11,14-17,20,24,35H,4-5,8-9,12-13H2,1-3H3. The molecule has 1 aliphatic carbocycles. The second-order valence-corrected chi connectivity index (χ2v) is 10.4. The van der Waals surface area contributed by atoms with E-state index in [0.29, 0.717) is 46.6 Å². The average molecular weight is 552 g/mol. The second kappa shape index (κ2) is 11.8. The number of pyridine rings is 1. The van der Waals surface area contributed by atoms with Crippen molar-refractivity contribution < 1.29 is 22.3 Å². The maximum atomic E-state index is 15.0. The van der Waals surface area contributed by atoms with Gasteiger partial charge in [0.1, 0.15) is 23.1 Å². The lowest BCUT2D eigenvalue weighted by Crippen LogP contribution is -2.34. The lowest BCUT2D eigenvalue weighted by Gasteiger charge is -2.27. The maximum absolute atomic E-state index is 15.0. The summed E-state index contributed by atoms with van der Waals surface area (Å²) < 4.78 is 55.5. The van der Waals surface area contributed by atoms with Crippen LogP contribution in [0, 0.1) is 31.3 Å². The Morgan fingerprint density at radius 1 is 1.00 bits per heavy atom. The lowest BCUT2D eigenvalue weighted by atomic mass is 9.86. The Kier molecular flexibility index (Phi) is 8.23. The quantitative estimate of drug-likeness (QED) is 0.255. The van der Waals surface area contributed by atoms with E-state index in [0.717, 1.165) is 38.3 Å². The third kappa shape index (κ3) is 5.76. The van der Waals surface area contributed by atoms with Crippen LogP contribution in [0.3, 0.4) is 0 Å². The first-order valence-electron chi connectivity index (χ1n) is 13.4. The minimum atomic E-state index is -0.770. The van der Waals surface area contributed by atoms with E-state index in [1.165, 1.54) is 34.9 Å². The number of aryl methyl sites for hydroxylation is 2. The monoisotopic (exact) mass is 551 g/mol.